The fourth-order valence-electron chi connectivity index (χ4n) is 2.47. The Hall–Kier alpha value is -1.65. The van der Waals surface area contributed by atoms with Crippen molar-refractivity contribution in [2.24, 2.45) is 0 Å². The molecular formula is C15H11BrN2O. The number of nitrogens with zero attached hydrogens (tertiary/aromatic N) is 1. The summed E-state index contributed by atoms with van der Waals surface area (Å²) in [6, 6.07) is 12.3. The highest BCUT2D eigenvalue weighted by Gasteiger charge is 2.14. The number of oxazole rings is 1. The number of aromatic nitrogens is 1. The first-order valence-electron chi connectivity index (χ1n) is 6.19. The van der Waals surface area contributed by atoms with Crippen LogP contribution in [0.4, 0.5) is 0 Å². The fraction of sp³-hybridized carbons (Fsp3) is 0.133. The zero-order chi connectivity index (χ0) is 12.8. The molecule has 0 saturated heterocycles. The first-order valence-corrected chi connectivity index (χ1v) is 6.98. The van der Waals surface area contributed by atoms with Crippen LogP contribution in [0, 0.1) is 0 Å². The summed E-state index contributed by atoms with van der Waals surface area (Å²) in [6.07, 6.45) is 0. The molecule has 0 fully saturated rings. The molecule has 1 aliphatic rings. The molecule has 0 atom stereocenters. The van der Waals surface area contributed by atoms with Crippen molar-refractivity contribution in [3.63, 3.8) is 0 Å². The van der Waals surface area contributed by atoms with Gasteiger partial charge < -0.3 is 9.73 Å². The monoisotopic (exact) mass is 314 g/mol. The van der Waals surface area contributed by atoms with Gasteiger partial charge in [0.25, 0.3) is 0 Å². The van der Waals surface area contributed by atoms with Crippen molar-refractivity contribution >= 4 is 27.0 Å². The molecule has 0 aliphatic carbocycles. The van der Waals surface area contributed by atoms with Gasteiger partial charge >= 0.3 is 0 Å². The van der Waals surface area contributed by atoms with Gasteiger partial charge in [-0.15, -0.1) is 0 Å². The Bertz CT molecular complexity index is 779. The normalized spacial score (nSPS) is 13.9. The lowest BCUT2D eigenvalue weighted by Gasteiger charge is -2.00. The van der Waals surface area contributed by atoms with E-state index in [1.807, 2.05) is 18.2 Å². The number of fused-ring (bicyclic) bond motifs is 2. The van der Waals surface area contributed by atoms with Crippen LogP contribution in [0.1, 0.15) is 11.1 Å². The Balaban J connectivity index is 1.88. The van der Waals surface area contributed by atoms with Crippen molar-refractivity contribution in [3.8, 4) is 11.5 Å². The van der Waals surface area contributed by atoms with E-state index in [1.54, 1.807) is 0 Å². The molecule has 3 aromatic rings. The molecule has 94 valence electrons. The zero-order valence-electron chi connectivity index (χ0n) is 10.1. The molecule has 2 heterocycles. The summed E-state index contributed by atoms with van der Waals surface area (Å²) in [6.45, 7) is 1.88. The molecule has 19 heavy (non-hydrogen) atoms. The third-order valence-corrected chi connectivity index (χ3v) is 4.08. The summed E-state index contributed by atoms with van der Waals surface area (Å²) in [5.74, 6) is 0.677. The van der Waals surface area contributed by atoms with E-state index >= 15 is 0 Å². The van der Waals surface area contributed by atoms with Gasteiger partial charge in [-0.25, -0.2) is 4.98 Å². The molecule has 0 radical (unpaired) electrons. The fourth-order valence-corrected chi connectivity index (χ4v) is 2.90. The Morgan fingerprint density at radius 3 is 2.89 bits per heavy atom. The highest BCUT2D eigenvalue weighted by Crippen LogP contribution is 2.30. The van der Waals surface area contributed by atoms with Crippen molar-refractivity contribution in [3.05, 3.63) is 52.0 Å². The van der Waals surface area contributed by atoms with Crippen LogP contribution in [0.5, 0.6) is 0 Å². The molecular weight excluding hydrogens is 304 g/mol. The summed E-state index contributed by atoms with van der Waals surface area (Å²) >= 11 is 3.49. The molecule has 0 bridgehead atoms. The molecule has 0 amide bonds. The maximum atomic E-state index is 5.87. The largest absolute Gasteiger partial charge is 0.435 e. The lowest BCUT2D eigenvalue weighted by atomic mass is 10.1. The van der Waals surface area contributed by atoms with Crippen molar-refractivity contribution in [1.82, 2.24) is 10.3 Å². The molecule has 0 spiro atoms. The molecule has 4 rings (SSSR count). The highest BCUT2D eigenvalue weighted by atomic mass is 79.9. The zero-order valence-corrected chi connectivity index (χ0v) is 11.7. The standard InChI is InChI=1S/C15H11BrN2O/c16-12-2-1-3-13-14(12)19-15(18-13)9-4-5-10-7-17-8-11(10)6-9/h1-6,17H,7-8H2. The Labute approximate surface area is 118 Å². The van der Waals surface area contributed by atoms with Crippen molar-refractivity contribution in [2.75, 3.05) is 0 Å². The number of halogens is 1. The summed E-state index contributed by atoms with van der Waals surface area (Å²) in [5, 5.41) is 3.34. The van der Waals surface area contributed by atoms with Gasteiger partial charge in [-0.1, -0.05) is 12.1 Å². The van der Waals surface area contributed by atoms with E-state index in [4.69, 9.17) is 4.42 Å². The third-order valence-electron chi connectivity index (χ3n) is 3.45. The lowest BCUT2D eigenvalue weighted by Crippen LogP contribution is -1.99. The van der Waals surface area contributed by atoms with Crippen molar-refractivity contribution < 1.29 is 4.42 Å². The van der Waals surface area contributed by atoms with Crippen LogP contribution >= 0.6 is 15.9 Å². The maximum absolute atomic E-state index is 5.87. The number of rotatable bonds is 1. The van der Waals surface area contributed by atoms with E-state index in [9.17, 15) is 0 Å². The molecule has 1 aromatic heterocycles. The van der Waals surface area contributed by atoms with Gasteiger partial charge in [0.1, 0.15) is 5.52 Å². The topological polar surface area (TPSA) is 38.1 Å². The average molecular weight is 315 g/mol. The molecule has 0 unspecified atom stereocenters. The maximum Gasteiger partial charge on any atom is 0.227 e. The number of benzene rings is 2. The molecule has 1 aliphatic heterocycles. The molecule has 4 heteroatoms. The SMILES string of the molecule is Brc1cccc2nc(-c3ccc4c(c3)CNC4)oc12. The quantitative estimate of drug-likeness (QED) is 0.741. The van der Waals surface area contributed by atoms with Gasteiger partial charge in [0, 0.05) is 18.7 Å². The number of nitrogens with one attached hydrogen (secondary N) is 1. The minimum Gasteiger partial charge on any atom is -0.435 e. The van der Waals surface area contributed by atoms with Gasteiger partial charge in [0.2, 0.25) is 5.89 Å². The Kier molecular flexibility index (Phi) is 2.47. The van der Waals surface area contributed by atoms with Gasteiger partial charge in [0.15, 0.2) is 5.58 Å². The second kappa shape index (κ2) is 4.18. The van der Waals surface area contributed by atoms with Crippen LogP contribution in [-0.4, -0.2) is 4.98 Å². The summed E-state index contributed by atoms with van der Waals surface area (Å²) in [7, 11) is 0. The van der Waals surface area contributed by atoms with E-state index in [2.05, 4.69) is 44.4 Å². The molecule has 0 saturated carbocycles. The lowest BCUT2D eigenvalue weighted by molar-refractivity contribution is 0.618. The van der Waals surface area contributed by atoms with Gasteiger partial charge in [-0.2, -0.15) is 0 Å². The van der Waals surface area contributed by atoms with Crippen LogP contribution in [0.25, 0.3) is 22.6 Å². The first-order chi connectivity index (χ1) is 9.31. The Morgan fingerprint density at radius 2 is 2.00 bits per heavy atom. The second-order valence-corrected chi connectivity index (χ2v) is 5.55. The van der Waals surface area contributed by atoms with E-state index < -0.39 is 0 Å². The second-order valence-electron chi connectivity index (χ2n) is 4.69. The number of para-hydroxylation sites is 1. The molecule has 1 N–H and O–H groups in total. The summed E-state index contributed by atoms with van der Waals surface area (Å²) in [5.41, 5.74) is 5.41. The summed E-state index contributed by atoms with van der Waals surface area (Å²) in [4.78, 5) is 4.55. The van der Waals surface area contributed by atoms with Crippen LogP contribution in [0.2, 0.25) is 0 Å². The van der Waals surface area contributed by atoms with E-state index in [-0.39, 0.29) is 0 Å². The van der Waals surface area contributed by atoms with Gasteiger partial charge in [-0.3, -0.25) is 0 Å². The smallest absolute Gasteiger partial charge is 0.227 e. The van der Waals surface area contributed by atoms with Crippen LogP contribution in [0.3, 0.4) is 0 Å². The van der Waals surface area contributed by atoms with Gasteiger partial charge in [0.05, 0.1) is 4.47 Å². The van der Waals surface area contributed by atoms with E-state index in [0.717, 1.165) is 34.2 Å². The minimum atomic E-state index is 0.677. The molecule has 2 aromatic carbocycles. The predicted molar refractivity (Wildman–Crippen MR) is 77.7 cm³/mol. The van der Waals surface area contributed by atoms with Crippen LogP contribution in [-0.2, 0) is 13.1 Å². The third kappa shape index (κ3) is 1.79. The number of hydrogen-bond donors (Lipinski definition) is 1. The van der Waals surface area contributed by atoms with Gasteiger partial charge in [-0.05, 0) is 51.3 Å². The van der Waals surface area contributed by atoms with E-state index in [1.165, 1.54) is 11.1 Å². The van der Waals surface area contributed by atoms with Crippen LogP contribution in [0.15, 0.2) is 45.3 Å². The number of hydrogen-bond acceptors (Lipinski definition) is 3. The van der Waals surface area contributed by atoms with Crippen molar-refractivity contribution in [2.45, 2.75) is 13.1 Å². The summed E-state index contributed by atoms with van der Waals surface area (Å²) < 4.78 is 6.80. The van der Waals surface area contributed by atoms with Crippen molar-refractivity contribution in [1.29, 1.82) is 0 Å². The van der Waals surface area contributed by atoms with E-state index in [0.29, 0.717) is 5.89 Å². The average Bonchev–Trinajstić information content (AvgIpc) is 3.04. The first kappa shape index (κ1) is 11.2. The molecule has 3 nitrogen and oxygen atoms in total. The highest BCUT2D eigenvalue weighted by molar-refractivity contribution is 9.10. The Morgan fingerprint density at radius 1 is 1.11 bits per heavy atom. The van der Waals surface area contributed by atoms with Crippen LogP contribution < -0.4 is 5.32 Å². The minimum absolute atomic E-state index is 0.677. The predicted octanol–water partition coefficient (Wildman–Crippen LogP) is 3.86.